The predicted octanol–water partition coefficient (Wildman–Crippen LogP) is 2.98. The summed E-state index contributed by atoms with van der Waals surface area (Å²) < 4.78 is 10.2. The smallest absolute Gasteiger partial charge is 0.309 e. The molecule has 16 heavy (non-hydrogen) atoms. The van der Waals surface area contributed by atoms with Crippen molar-refractivity contribution in [3.8, 4) is 5.75 Å². The maximum atomic E-state index is 11.0. The van der Waals surface area contributed by atoms with Crippen LogP contribution in [-0.2, 0) is 9.53 Å². The van der Waals surface area contributed by atoms with Crippen molar-refractivity contribution in [2.24, 2.45) is 0 Å². The highest BCUT2D eigenvalue weighted by Gasteiger charge is 2.11. The van der Waals surface area contributed by atoms with Crippen LogP contribution in [0.2, 0.25) is 5.02 Å². The lowest BCUT2D eigenvalue weighted by atomic mass is 10.2. The molecule has 0 radical (unpaired) electrons. The van der Waals surface area contributed by atoms with Gasteiger partial charge >= 0.3 is 5.97 Å². The van der Waals surface area contributed by atoms with E-state index >= 15 is 0 Å². The number of halogens is 1. The third-order valence-electron chi connectivity index (χ3n) is 2.15. The first kappa shape index (κ1) is 12.8. The van der Waals surface area contributed by atoms with E-state index in [4.69, 9.17) is 16.3 Å². The number of carbonyl (C=O) groups excluding carboxylic acids is 1. The first-order chi connectivity index (χ1) is 7.52. The monoisotopic (exact) mass is 242 g/mol. The van der Waals surface area contributed by atoms with E-state index in [0.717, 1.165) is 11.3 Å². The molecule has 0 N–H and O–H groups in total. The molecule has 0 spiro atoms. The SMILES string of the molecule is COC(=O)CC(C)Oc1ccc(Cl)cc1C. The van der Waals surface area contributed by atoms with Crippen LogP contribution in [0.3, 0.4) is 0 Å². The third-order valence-corrected chi connectivity index (χ3v) is 2.38. The van der Waals surface area contributed by atoms with Crippen LogP contribution in [-0.4, -0.2) is 19.2 Å². The van der Waals surface area contributed by atoms with Crippen molar-refractivity contribution in [1.29, 1.82) is 0 Å². The molecule has 0 fully saturated rings. The lowest BCUT2D eigenvalue weighted by molar-refractivity contribution is -0.142. The van der Waals surface area contributed by atoms with Crippen LogP contribution in [0.4, 0.5) is 0 Å². The molecule has 0 aliphatic rings. The lowest BCUT2D eigenvalue weighted by Gasteiger charge is -2.15. The molecule has 0 saturated heterocycles. The van der Waals surface area contributed by atoms with Crippen LogP contribution in [0.5, 0.6) is 5.75 Å². The zero-order valence-electron chi connectivity index (χ0n) is 9.62. The normalized spacial score (nSPS) is 12.0. The molecule has 1 aromatic carbocycles. The fourth-order valence-corrected chi connectivity index (χ4v) is 1.55. The fraction of sp³-hybridized carbons (Fsp3) is 0.417. The van der Waals surface area contributed by atoms with Crippen LogP contribution < -0.4 is 4.74 Å². The Labute approximate surface area is 100 Å². The van der Waals surface area contributed by atoms with Crippen molar-refractivity contribution in [2.75, 3.05) is 7.11 Å². The van der Waals surface area contributed by atoms with E-state index in [1.54, 1.807) is 12.1 Å². The number of benzene rings is 1. The largest absolute Gasteiger partial charge is 0.490 e. The molecule has 0 aliphatic carbocycles. The Balaban J connectivity index is 2.62. The van der Waals surface area contributed by atoms with E-state index in [1.807, 2.05) is 19.9 Å². The van der Waals surface area contributed by atoms with Crippen LogP contribution >= 0.6 is 11.6 Å². The number of methoxy groups -OCH3 is 1. The van der Waals surface area contributed by atoms with Gasteiger partial charge in [-0.3, -0.25) is 4.79 Å². The van der Waals surface area contributed by atoms with Gasteiger partial charge in [0.2, 0.25) is 0 Å². The number of ether oxygens (including phenoxy) is 2. The number of rotatable bonds is 4. The molecule has 1 unspecified atom stereocenters. The number of hydrogen-bond donors (Lipinski definition) is 0. The molecule has 3 nitrogen and oxygen atoms in total. The molecule has 0 bridgehead atoms. The molecular formula is C12H15ClO3. The number of hydrogen-bond acceptors (Lipinski definition) is 3. The summed E-state index contributed by atoms with van der Waals surface area (Å²) >= 11 is 5.83. The molecular weight excluding hydrogens is 228 g/mol. The Kier molecular flexibility index (Phi) is 4.62. The average Bonchev–Trinajstić information content (AvgIpc) is 2.22. The Hall–Kier alpha value is -1.22. The minimum Gasteiger partial charge on any atom is -0.490 e. The molecule has 0 aliphatic heterocycles. The highest BCUT2D eigenvalue weighted by Crippen LogP contribution is 2.23. The highest BCUT2D eigenvalue weighted by atomic mass is 35.5. The van der Waals surface area contributed by atoms with Gasteiger partial charge < -0.3 is 9.47 Å². The molecule has 0 heterocycles. The Bertz CT molecular complexity index is 377. The van der Waals surface area contributed by atoms with E-state index in [9.17, 15) is 4.79 Å². The van der Waals surface area contributed by atoms with Gasteiger partial charge in [0.25, 0.3) is 0 Å². The average molecular weight is 243 g/mol. The summed E-state index contributed by atoms with van der Waals surface area (Å²) in [7, 11) is 1.36. The molecule has 1 rings (SSSR count). The lowest BCUT2D eigenvalue weighted by Crippen LogP contribution is -2.18. The van der Waals surface area contributed by atoms with Crippen LogP contribution in [0, 0.1) is 6.92 Å². The molecule has 88 valence electrons. The summed E-state index contributed by atoms with van der Waals surface area (Å²) in [5, 5.41) is 0.672. The fourth-order valence-electron chi connectivity index (χ4n) is 1.32. The topological polar surface area (TPSA) is 35.5 Å². The van der Waals surface area contributed by atoms with Gasteiger partial charge in [0.05, 0.1) is 13.5 Å². The second-order valence-electron chi connectivity index (χ2n) is 3.62. The van der Waals surface area contributed by atoms with E-state index in [1.165, 1.54) is 7.11 Å². The molecule has 1 atom stereocenters. The molecule has 1 aromatic rings. The van der Waals surface area contributed by atoms with E-state index in [2.05, 4.69) is 4.74 Å². The standard InChI is InChI=1S/C12H15ClO3/c1-8-6-10(13)4-5-11(8)16-9(2)7-12(14)15-3/h4-6,9H,7H2,1-3H3. The predicted molar refractivity (Wildman–Crippen MR) is 62.9 cm³/mol. The summed E-state index contributed by atoms with van der Waals surface area (Å²) in [4.78, 5) is 11.0. The van der Waals surface area contributed by atoms with Crippen LogP contribution in [0.25, 0.3) is 0 Å². The van der Waals surface area contributed by atoms with E-state index in [-0.39, 0.29) is 18.5 Å². The zero-order chi connectivity index (χ0) is 12.1. The maximum Gasteiger partial charge on any atom is 0.309 e. The Morgan fingerprint density at radius 3 is 2.75 bits per heavy atom. The zero-order valence-corrected chi connectivity index (χ0v) is 10.4. The van der Waals surface area contributed by atoms with E-state index in [0.29, 0.717) is 5.02 Å². The van der Waals surface area contributed by atoms with Crippen molar-refractivity contribution in [2.45, 2.75) is 26.4 Å². The second-order valence-corrected chi connectivity index (χ2v) is 4.05. The minimum absolute atomic E-state index is 0.215. The Morgan fingerprint density at radius 1 is 1.50 bits per heavy atom. The van der Waals surface area contributed by atoms with Gasteiger partial charge in [-0.25, -0.2) is 0 Å². The maximum absolute atomic E-state index is 11.0. The quantitative estimate of drug-likeness (QED) is 0.762. The molecule has 0 aromatic heterocycles. The summed E-state index contributed by atoms with van der Waals surface area (Å²) in [5.74, 6) is 0.458. The van der Waals surface area contributed by atoms with Gasteiger partial charge in [-0.15, -0.1) is 0 Å². The van der Waals surface area contributed by atoms with Crippen molar-refractivity contribution >= 4 is 17.6 Å². The van der Waals surface area contributed by atoms with Crippen molar-refractivity contribution in [1.82, 2.24) is 0 Å². The third kappa shape index (κ3) is 3.74. The highest BCUT2D eigenvalue weighted by molar-refractivity contribution is 6.30. The van der Waals surface area contributed by atoms with Gasteiger partial charge in [0.15, 0.2) is 0 Å². The molecule has 4 heteroatoms. The first-order valence-electron chi connectivity index (χ1n) is 5.02. The van der Waals surface area contributed by atoms with Crippen molar-refractivity contribution in [3.63, 3.8) is 0 Å². The van der Waals surface area contributed by atoms with Crippen LogP contribution in [0.1, 0.15) is 18.9 Å². The van der Waals surface area contributed by atoms with Gasteiger partial charge in [-0.2, -0.15) is 0 Å². The minimum atomic E-state index is -0.279. The number of esters is 1. The van der Waals surface area contributed by atoms with Crippen molar-refractivity contribution in [3.05, 3.63) is 28.8 Å². The number of aryl methyl sites for hydroxylation is 1. The van der Waals surface area contributed by atoms with Crippen molar-refractivity contribution < 1.29 is 14.3 Å². The molecule has 0 amide bonds. The van der Waals surface area contributed by atoms with Gasteiger partial charge in [-0.1, -0.05) is 11.6 Å². The van der Waals surface area contributed by atoms with Gasteiger partial charge in [0, 0.05) is 5.02 Å². The summed E-state index contributed by atoms with van der Waals surface area (Å²) in [6.07, 6.45) is 0.0192. The van der Waals surface area contributed by atoms with Gasteiger partial charge in [0.1, 0.15) is 11.9 Å². The second kappa shape index (κ2) is 5.75. The van der Waals surface area contributed by atoms with Crippen LogP contribution in [0.15, 0.2) is 18.2 Å². The van der Waals surface area contributed by atoms with Gasteiger partial charge in [-0.05, 0) is 37.6 Å². The molecule has 0 saturated carbocycles. The van der Waals surface area contributed by atoms with E-state index < -0.39 is 0 Å². The Morgan fingerprint density at radius 2 is 2.19 bits per heavy atom. The number of carbonyl (C=O) groups is 1. The first-order valence-corrected chi connectivity index (χ1v) is 5.40. The summed E-state index contributed by atoms with van der Waals surface area (Å²) in [5.41, 5.74) is 0.948. The summed E-state index contributed by atoms with van der Waals surface area (Å²) in [6.45, 7) is 3.73. The summed E-state index contributed by atoms with van der Waals surface area (Å²) in [6, 6.07) is 5.38.